The Bertz CT molecular complexity index is 2130. The van der Waals surface area contributed by atoms with Crippen LogP contribution in [0.15, 0.2) is 96.1 Å². The van der Waals surface area contributed by atoms with Crippen LogP contribution in [0.1, 0.15) is 16.5 Å². The third kappa shape index (κ3) is 4.73. The van der Waals surface area contributed by atoms with Gasteiger partial charge in [-0.05, 0) is 29.8 Å². The van der Waals surface area contributed by atoms with Gasteiger partial charge in [-0.2, -0.15) is 0 Å². The molecule has 0 aliphatic heterocycles. The van der Waals surface area contributed by atoms with Crippen molar-refractivity contribution in [2.24, 2.45) is 7.05 Å². The number of thiazole rings is 1. The number of aromatic amines is 1. The second-order valence-electron chi connectivity index (χ2n) is 9.82. The molecule has 0 saturated heterocycles. The molecule has 3 aromatic carbocycles. The highest BCUT2D eigenvalue weighted by Gasteiger charge is 2.25. The summed E-state index contributed by atoms with van der Waals surface area (Å²) in [6, 6.07) is 20.9. The van der Waals surface area contributed by atoms with Gasteiger partial charge in [-0.25, -0.2) is 28.1 Å². The molecule has 0 saturated carbocycles. The van der Waals surface area contributed by atoms with Crippen LogP contribution in [0.25, 0.3) is 55.3 Å². The Morgan fingerprint density at radius 3 is 2.63 bits per heavy atom. The fourth-order valence-corrected chi connectivity index (χ4v) is 6.80. The maximum Gasteiger partial charge on any atom is 0.209 e. The van der Waals surface area contributed by atoms with E-state index in [9.17, 15) is 8.42 Å². The normalized spacial score (nSPS) is 12.8. The van der Waals surface area contributed by atoms with Gasteiger partial charge in [-0.1, -0.05) is 42.5 Å². The molecule has 0 amide bonds. The number of aryl methyl sites for hydroxylation is 1. The number of imidazole rings is 2. The Morgan fingerprint density at radius 1 is 1.00 bits per heavy atom. The Hall–Kier alpha value is -4.58. The molecule has 4 aromatic heterocycles. The largest absolute Gasteiger partial charge is 0.455 e. The molecule has 0 radical (unpaired) electrons. The van der Waals surface area contributed by atoms with E-state index in [4.69, 9.17) is 4.42 Å². The first-order valence-corrected chi connectivity index (χ1v) is 15.5. The molecular weight excluding hydrogens is 557 g/mol. The lowest BCUT2D eigenvalue weighted by Crippen LogP contribution is -2.27. The fourth-order valence-electron chi connectivity index (χ4n) is 5.04. The molecule has 204 valence electrons. The molecule has 1 unspecified atom stereocenters. The zero-order valence-corrected chi connectivity index (χ0v) is 23.7. The molecule has 0 fully saturated rings. The zero-order valence-electron chi connectivity index (χ0n) is 22.1. The summed E-state index contributed by atoms with van der Waals surface area (Å²) in [7, 11) is -1.62. The van der Waals surface area contributed by atoms with Gasteiger partial charge in [0.1, 0.15) is 22.2 Å². The van der Waals surface area contributed by atoms with Crippen molar-refractivity contribution in [3.8, 4) is 33.3 Å². The Kier molecular flexibility index (Phi) is 6.07. The highest BCUT2D eigenvalue weighted by molar-refractivity contribution is 7.88. The van der Waals surface area contributed by atoms with E-state index in [0.29, 0.717) is 17.2 Å². The van der Waals surface area contributed by atoms with Crippen LogP contribution in [-0.2, 0) is 17.1 Å². The molecule has 11 heteroatoms. The van der Waals surface area contributed by atoms with Crippen LogP contribution < -0.4 is 4.72 Å². The van der Waals surface area contributed by atoms with E-state index in [-0.39, 0.29) is 0 Å². The minimum absolute atomic E-state index is 0.624. The number of benzene rings is 3. The maximum atomic E-state index is 12.5. The minimum Gasteiger partial charge on any atom is -0.455 e. The van der Waals surface area contributed by atoms with E-state index in [0.717, 1.165) is 54.8 Å². The standard InChI is InChI=1S/C30H24N6O3S2/c1-36-17-34-22-11-9-20(14-23(22)36)30-33-16-25(40-30)27(35-41(2,37)38)19-8-10-21-24(15-19)39-28(18-6-4-3-5-7-18)26(21)29-31-12-13-32-29/h3-17,27,35H,1-2H3,(H,31,32). The van der Waals surface area contributed by atoms with Crippen molar-refractivity contribution < 1.29 is 12.8 Å². The van der Waals surface area contributed by atoms with E-state index in [1.54, 1.807) is 24.9 Å². The van der Waals surface area contributed by atoms with Crippen LogP contribution in [0.2, 0.25) is 0 Å². The van der Waals surface area contributed by atoms with Gasteiger partial charge in [0.2, 0.25) is 10.0 Å². The van der Waals surface area contributed by atoms with Crippen molar-refractivity contribution >= 4 is 43.4 Å². The summed E-state index contributed by atoms with van der Waals surface area (Å²) in [5.41, 5.74) is 5.96. The van der Waals surface area contributed by atoms with Gasteiger partial charge in [0, 0.05) is 47.0 Å². The molecule has 7 rings (SSSR count). The average Bonchev–Trinajstić information content (AvgIpc) is 3.78. The van der Waals surface area contributed by atoms with Gasteiger partial charge in [0.05, 0.1) is 35.2 Å². The number of fused-ring (bicyclic) bond motifs is 2. The van der Waals surface area contributed by atoms with Crippen molar-refractivity contribution in [1.29, 1.82) is 0 Å². The van der Waals surface area contributed by atoms with Crippen LogP contribution in [0.3, 0.4) is 0 Å². The number of nitrogens with one attached hydrogen (secondary N) is 2. The summed E-state index contributed by atoms with van der Waals surface area (Å²) in [4.78, 5) is 17.5. The first-order chi connectivity index (χ1) is 19.8. The Morgan fingerprint density at radius 2 is 1.85 bits per heavy atom. The van der Waals surface area contributed by atoms with Crippen LogP contribution in [-0.4, -0.2) is 39.2 Å². The monoisotopic (exact) mass is 580 g/mol. The first-order valence-electron chi connectivity index (χ1n) is 12.8. The number of furan rings is 1. The molecule has 7 aromatic rings. The lowest BCUT2D eigenvalue weighted by molar-refractivity contribution is 0.579. The smallest absolute Gasteiger partial charge is 0.209 e. The third-order valence-electron chi connectivity index (χ3n) is 6.93. The van der Waals surface area contributed by atoms with E-state index >= 15 is 0 Å². The number of hydrogen-bond acceptors (Lipinski definition) is 7. The molecule has 0 aliphatic carbocycles. The van der Waals surface area contributed by atoms with Gasteiger partial charge in [0.25, 0.3) is 0 Å². The van der Waals surface area contributed by atoms with Crippen LogP contribution in [0.4, 0.5) is 0 Å². The summed E-state index contributed by atoms with van der Waals surface area (Å²) in [6.07, 6.45) is 8.14. The van der Waals surface area contributed by atoms with Gasteiger partial charge >= 0.3 is 0 Å². The number of aromatic nitrogens is 5. The van der Waals surface area contributed by atoms with E-state index < -0.39 is 16.1 Å². The van der Waals surface area contributed by atoms with Gasteiger partial charge in [0.15, 0.2) is 0 Å². The third-order valence-corrected chi connectivity index (χ3v) is 8.71. The van der Waals surface area contributed by atoms with Crippen molar-refractivity contribution in [1.82, 2.24) is 29.2 Å². The van der Waals surface area contributed by atoms with Gasteiger partial charge in [-0.3, -0.25) is 0 Å². The van der Waals surface area contributed by atoms with Crippen LogP contribution in [0.5, 0.6) is 0 Å². The summed E-state index contributed by atoms with van der Waals surface area (Å²) >= 11 is 1.44. The summed E-state index contributed by atoms with van der Waals surface area (Å²) in [6.45, 7) is 0. The lowest BCUT2D eigenvalue weighted by atomic mass is 10.0. The van der Waals surface area contributed by atoms with Crippen molar-refractivity contribution in [2.75, 3.05) is 6.26 Å². The quantitative estimate of drug-likeness (QED) is 0.234. The number of H-pyrrole nitrogens is 1. The van der Waals surface area contributed by atoms with E-state index in [2.05, 4.69) is 24.7 Å². The van der Waals surface area contributed by atoms with E-state index in [1.165, 1.54) is 11.3 Å². The number of rotatable bonds is 7. The molecule has 41 heavy (non-hydrogen) atoms. The number of nitrogens with zero attached hydrogens (tertiary/aromatic N) is 4. The maximum absolute atomic E-state index is 12.5. The van der Waals surface area contributed by atoms with Crippen molar-refractivity contribution in [3.05, 3.63) is 102 Å². The van der Waals surface area contributed by atoms with Crippen LogP contribution >= 0.6 is 11.3 Å². The van der Waals surface area contributed by atoms with Gasteiger partial charge in [-0.15, -0.1) is 11.3 Å². The molecule has 0 aliphatic rings. The van der Waals surface area contributed by atoms with Crippen molar-refractivity contribution in [3.63, 3.8) is 0 Å². The summed E-state index contributed by atoms with van der Waals surface area (Å²) < 4.78 is 36.2. The van der Waals surface area contributed by atoms with Gasteiger partial charge < -0.3 is 14.0 Å². The molecule has 2 N–H and O–H groups in total. The molecule has 0 spiro atoms. The molecule has 4 heterocycles. The average molecular weight is 581 g/mol. The Balaban J connectivity index is 1.34. The lowest BCUT2D eigenvalue weighted by Gasteiger charge is -2.16. The predicted octanol–water partition coefficient (Wildman–Crippen LogP) is 6.14. The van der Waals surface area contributed by atoms with Crippen LogP contribution in [0, 0.1) is 0 Å². The second kappa shape index (κ2) is 9.81. The van der Waals surface area contributed by atoms with Crippen molar-refractivity contribution in [2.45, 2.75) is 6.04 Å². The zero-order chi connectivity index (χ0) is 28.1. The first kappa shape index (κ1) is 25.4. The summed E-state index contributed by atoms with van der Waals surface area (Å²) in [5.74, 6) is 1.38. The highest BCUT2D eigenvalue weighted by atomic mass is 32.2. The summed E-state index contributed by atoms with van der Waals surface area (Å²) in [5, 5.41) is 1.66. The predicted molar refractivity (Wildman–Crippen MR) is 161 cm³/mol. The Labute approximate surface area is 239 Å². The fraction of sp³-hybridized carbons (Fsp3) is 0.100. The molecule has 0 bridgehead atoms. The minimum atomic E-state index is -3.56. The molecule has 1 atom stereocenters. The molecule has 9 nitrogen and oxygen atoms in total. The number of sulfonamides is 1. The highest BCUT2D eigenvalue weighted by Crippen LogP contribution is 2.41. The topological polar surface area (TPSA) is 119 Å². The molecular formula is C30H24N6O3S2. The number of hydrogen-bond donors (Lipinski definition) is 2. The van der Waals surface area contributed by atoms with E-state index in [1.807, 2.05) is 78.3 Å². The SMILES string of the molecule is Cn1cnc2ccc(-c3ncc(C(NS(C)(=O)=O)c4ccc5c(-c6ncc[nH]6)c(-c6ccccc6)oc5c4)s3)cc21. The second-order valence-corrected chi connectivity index (χ2v) is 12.7.